The molecule has 0 bridgehead atoms. The maximum Gasteiger partial charge on any atom is 0.389 e. The number of hydrogen-bond donors (Lipinski definition) is 1. The molecule has 1 amide bonds. The molecule has 3 aliphatic rings. The van der Waals surface area contributed by atoms with Gasteiger partial charge in [0, 0.05) is 12.8 Å². The molecule has 1 N–H and O–H groups in total. The zero-order chi connectivity index (χ0) is 21.4. The summed E-state index contributed by atoms with van der Waals surface area (Å²) in [6, 6.07) is 7.61. The summed E-state index contributed by atoms with van der Waals surface area (Å²) in [5.74, 6) is 0.217. The van der Waals surface area contributed by atoms with Crippen LogP contribution in [0.5, 0.6) is 5.75 Å². The number of nitrogens with one attached hydrogen (secondary N) is 1. The molecule has 0 fully saturated rings. The van der Waals surface area contributed by atoms with E-state index in [-0.39, 0.29) is 24.5 Å². The normalized spacial score (nSPS) is 23.3. The van der Waals surface area contributed by atoms with Crippen molar-refractivity contribution in [3.8, 4) is 11.8 Å². The van der Waals surface area contributed by atoms with Crippen LogP contribution in [-0.4, -0.2) is 18.7 Å². The number of carbonyl (C=O) groups excluding carboxylic acids is 1. The topological polar surface area (TPSA) is 62.1 Å². The Hall–Kier alpha value is -2.75. The lowest BCUT2D eigenvalue weighted by atomic mass is 9.78. The first-order valence-corrected chi connectivity index (χ1v) is 10.3. The molecule has 7 heteroatoms. The number of allylic oxidation sites excluding steroid dienone is 2. The Kier molecular flexibility index (Phi) is 5.35. The van der Waals surface area contributed by atoms with Crippen molar-refractivity contribution >= 4 is 5.91 Å². The number of hydrogen-bond acceptors (Lipinski definition) is 3. The summed E-state index contributed by atoms with van der Waals surface area (Å²) in [7, 11) is 0. The lowest BCUT2D eigenvalue weighted by Crippen LogP contribution is -2.48. The number of ether oxygens (including phenoxy) is 1. The third-order valence-corrected chi connectivity index (χ3v) is 6.19. The van der Waals surface area contributed by atoms with Crippen LogP contribution in [0, 0.1) is 11.3 Å². The van der Waals surface area contributed by atoms with Crippen molar-refractivity contribution in [2.75, 3.05) is 6.61 Å². The van der Waals surface area contributed by atoms with Gasteiger partial charge in [-0.1, -0.05) is 12.1 Å². The average Bonchev–Trinajstić information content (AvgIpc) is 3.33. The molecule has 1 atom stereocenters. The van der Waals surface area contributed by atoms with Crippen molar-refractivity contribution in [2.45, 2.75) is 63.1 Å². The smallest absolute Gasteiger partial charge is 0.389 e. The summed E-state index contributed by atoms with van der Waals surface area (Å²) in [6.45, 7) is 0.00669. The van der Waals surface area contributed by atoms with Gasteiger partial charge in [-0.3, -0.25) is 4.79 Å². The van der Waals surface area contributed by atoms with Crippen LogP contribution >= 0.6 is 0 Å². The van der Waals surface area contributed by atoms with Crippen molar-refractivity contribution in [3.05, 3.63) is 52.1 Å². The molecule has 0 aromatic heterocycles. The molecule has 158 valence electrons. The summed E-state index contributed by atoms with van der Waals surface area (Å²) >= 11 is 0. The van der Waals surface area contributed by atoms with Gasteiger partial charge in [-0.05, 0) is 72.9 Å². The maximum atomic E-state index is 12.8. The van der Waals surface area contributed by atoms with Crippen LogP contribution in [-0.2, 0) is 16.8 Å². The van der Waals surface area contributed by atoms with E-state index in [9.17, 15) is 23.2 Å². The highest BCUT2D eigenvalue weighted by Crippen LogP contribution is 2.47. The predicted molar refractivity (Wildman–Crippen MR) is 105 cm³/mol. The fourth-order valence-corrected chi connectivity index (χ4v) is 4.78. The largest absolute Gasteiger partial charge is 0.494 e. The van der Waals surface area contributed by atoms with Gasteiger partial charge in [-0.2, -0.15) is 18.4 Å². The molecule has 1 spiro atoms. The average molecular weight is 416 g/mol. The van der Waals surface area contributed by atoms with Crippen molar-refractivity contribution in [1.82, 2.24) is 5.32 Å². The molecule has 0 saturated heterocycles. The van der Waals surface area contributed by atoms with Crippen LogP contribution in [0.25, 0.3) is 0 Å². The standard InChI is InChI=1S/C23H23F3N2O2/c24-23(25,26)9-3-11-30-17-6-7-20-16(12-17)8-10-22(20)13-18(15-4-1-2-5-15)19(14-27)21(29)28-22/h4,6-7,12H,1-3,5,8-11,13H2,(H,28,29). The molecule has 4 nitrogen and oxygen atoms in total. The molecule has 1 heterocycles. The predicted octanol–water partition coefficient (Wildman–Crippen LogP) is 5.00. The molecule has 1 aromatic carbocycles. The summed E-state index contributed by atoms with van der Waals surface area (Å²) < 4.78 is 42.3. The number of nitrogens with zero attached hydrogens (tertiary/aromatic N) is 1. The minimum atomic E-state index is -4.17. The monoisotopic (exact) mass is 416 g/mol. The van der Waals surface area contributed by atoms with E-state index in [0.29, 0.717) is 12.2 Å². The maximum absolute atomic E-state index is 12.8. The number of nitriles is 1. The number of amides is 1. The number of benzene rings is 1. The Balaban J connectivity index is 1.54. The third kappa shape index (κ3) is 3.96. The zero-order valence-electron chi connectivity index (χ0n) is 16.6. The molecule has 4 rings (SSSR count). The number of alkyl halides is 3. The van der Waals surface area contributed by atoms with Crippen molar-refractivity contribution < 1.29 is 22.7 Å². The molecular weight excluding hydrogens is 393 g/mol. The third-order valence-electron chi connectivity index (χ3n) is 6.19. The van der Waals surface area contributed by atoms with Crippen LogP contribution in [0.15, 0.2) is 41.0 Å². The van der Waals surface area contributed by atoms with E-state index in [1.807, 2.05) is 12.1 Å². The first-order valence-electron chi connectivity index (χ1n) is 10.3. The molecule has 30 heavy (non-hydrogen) atoms. The second-order valence-corrected chi connectivity index (χ2v) is 8.19. The summed E-state index contributed by atoms with van der Waals surface area (Å²) in [6.07, 6.45) is 1.97. The summed E-state index contributed by atoms with van der Waals surface area (Å²) in [5, 5.41) is 12.6. The SMILES string of the molecule is N#CC1=C(C2=CCCC2)CC2(CCc3cc(OCCCC(F)(F)F)ccc32)NC1=O. The quantitative estimate of drug-likeness (QED) is 0.687. The van der Waals surface area contributed by atoms with Gasteiger partial charge in [0.15, 0.2) is 0 Å². The van der Waals surface area contributed by atoms with E-state index in [1.54, 1.807) is 6.07 Å². The van der Waals surface area contributed by atoms with E-state index in [4.69, 9.17) is 4.74 Å². The Morgan fingerprint density at radius 2 is 2.10 bits per heavy atom. The van der Waals surface area contributed by atoms with Gasteiger partial charge in [0.2, 0.25) is 0 Å². The first-order chi connectivity index (χ1) is 14.3. The van der Waals surface area contributed by atoms with Crippen molar-refractivity contribution in [3.63, 3.8) is 0 Å². The molecule has 0 saturated carbocycles. The van der Waals surface area contributed by atoms with Gasteiger partial charge in [-0.25, -0.2) is 0 Å². The van der Waals surface area contributed by atoms with Gasteiger partial charge >= 0.3 is 6.18 Å². The fraction of sp³-hybridized carbons (Fsp3) is 0.478. The lowest BCUT2D eigenvalue weighted by Gasteiger charge is -2.37. The Morgan fingerprint density at radius 3 is 2.80 bits per heavy atom. The highest BCUT2D eigenvalue weighted by molar-refractivity contribution is 6.00. The van der Waals surface area contributed by atoms with Gasteiger partial charge in [0.05, 0.1) is 12.1 Å². The second-order valence-electron chi connectivity index (χ2n) is 8.19. The van der Waals surface area contributed by atoms with Gasteiger partial charge in [-0.15, -0.1) is 0 Å². The lowest BCUT2D eigenvalue weighted by molar-refractivity contribution is -0.136. The highest BCUT2D eigenvalue weighted by atomic mass is 19.4. The summed E-state index contributed by atoms with van der Waals surface area (Å²) in [4.78, 5) is 12.8. The van der Waals surface area contributed by atoms with E-state index in [1.165, 1.54) is 0 Å². The molecule has 2 aliphatic carbocycles. The Morgan fingerprint density at radius 1 is 1.27 bits per heavy atom. The summed E-state index contributed by atoms with van der Waals surface area (Å²) in [5.41, 5.74) is 3.68. The minimum Gasteiger partial charge on any atom is -0.494 e. The Labute approximate surface area is 173 Å². The minimum absolute atomic E-state index is 0.00669. The van der Waals surface area contributed by atoms with Crippen LogP contribution in [0.2, 0.25) is 0 Å². The number of rotatable bonds is 5. The van der Waals surface area contributed by atoms with Crippen LogP contribution in [0.3, 0.4) is 0 Å². The van der Waals surface area contributed by atoms with Crippen LogP contribution in [0.1, 0.15) is 56.1 Å². The van der Waals surface area contributed by atoms with E-state index in [0.717, 1.165) is 54.4 Å². The Bertz CT molecular complexity index is 972. The van der Waals surface area contributed by atoms with Gasteiger partial charge in [0.1, 0.15) is 17.4 Å². The van der Waals surface area contributed by atoms with Gasteiger partial charge in [0.25, 0.3) is 5.91 Å². The number of carbonyl (C=O) groups is 1. The van der Waals surface area contributed by atoms with Crippen LogP contribution < -0.4 is 10.1 Å². The first kappa shape index (κ1) is 20.5. The molecule has 1 unspecified atom stereocenters. The van der Waals surface area contributed by atoms with Gasteiger partial charge < -0.3 is 10.1 Å². The van der Waals surface area contributed by atoms with Crippen LogP contribution in [0.4, 0.5) is 13.2 Å². The fourth-order valence-electron chi connectivity index (χ4n) is 4.78. The molecule has 0 radical (unpaired) electrons. The number of aryl methyl sites for hydroxylation is 1. The van der Waals surface area contributed by atoms with E-state index < -0.39 is 18.1 Å². The van der Waals surface area contributed by atoms with Crippen molar-refractivity contribution in [2.24, 2.45) is 0 Å². The molecular formula is C23H23F3N2O2. The van der Waals surface area contributed by atoms with E-state index >= 15 is 0 Å². The number of halogens is 3. The van der Waals surface area contributed by atoms with Crippen molar-refractivity contribution in [1.29, 1.82) is 5.26 Å². The van der Waals surface area contributed by atoms with E-state index in [2.05, 4.69) is 17.5 Å². The molecule has 1 aromatic rings. The second kappa shape index (κ2) is 7.82. The number of fused-ring (bicyclic) bond motifs is 2. The zero-order valence-corrected chi connectivity index (χ0v) is 16.6. The highest BCUT2D eigenvalue weighted by Gasteiger charge is 2.45. The molecule has 1 aliphatic heterocycles.